The Morgan fingerprint density at radius 3 is 1.73 bits per heavy atom. The highest BCUT2D eigenvalue weighted by molar-refractivity contribution is 7.00. The number of hydrogen-bond donors (Lipinski definition) is 0. The third-order valence-electron chi connectivity index (χ3n) is 14.7. The van der Waals surface area contributed by atoms with Crippen LogP contribution >= 0.6 is 0 Å². The van der Waals surface area contributed by atoms with E-state index in [1.165, 1.54) is 94.7 Å². The Bertz CT molecular complexity index is 2980. The number of anilines is 6. The quantitative estimate of drug-likeness (QED) is 0.166. The summed E-state index contributed by atoms with van der Waals surface area (Å²) in [4.78, 5) is 5.18. The molecule has 0 bridgehead atoms. The zero-order valence-electron chi connectivity index (χ0n) is 39.6. The van der Waals surface area contributed by atoms with Gasteiger partial charge in [-0.3, -0.25) is 0 Å². The van der Waals surface area contributed by atoms with Crippen LogP contribution in [0.5, 0.6) is 0 Å². The molecule has 6 aromatic carbocycles. The van der Waals surface area contributed by atoms with E-state index in [2.05, 4.69) is 210 Å². The van der Waals surface area contributed by atoms with E-state index in [1.54, 1.807) is 0 Å². The van der Waals surface area contributed by atoms with Crippen LogP contribution < -0.4 is 26.4 Å². The topological polar surface area (TPSA) is 19.6 Å². The molecule has 0 spiro atoms. The minimum absolute atomic E-state index is 0.0232. The van der Waals surface area contributed by atoms with Gasteiger partial charge in [0.25, 0.3) is 6.71 Å². The summed E-state index contributed by atoms with van der Waals surface area (Å²) < 4.78 is 7.38. The average molecular weight is 815 g/mol. The van der Waals surface area contributed by atoms with Crippen LogP contribution in [0.4, 0.5) is 34.1 Å². The number of benzene rings is 6. The molecule has 0 atom stereocenters. The van der Waals surface area contributed by atoms with E-state index >= 15 is 0 Å². The molecule has 314 valence electrons. The van der Waals surface area contributed by atoms with Crippen molar-refractivity contribution in [2.45, 2.75) is 131 Å². The van der Waals surface area contributed by atoms with Gasteiger partial charge in [0.05, 0.1) is 17.0 Å². The Balaban J connectivity index is 1.36. The van der Waals surface area contributed by atoms with Crippen molar-refractivity contribution in [3.05, 3.63) is 148 Å². The molecule has 0 amide bonds. The van der Waals surface area contributed by atoms with Gasteiger partial charge in [-0.25, -0.2) is 0 Å². The van der Waals surface area contributed by atoms with Crippen LogP contribution in [0.1, 0.15) is 127 Å². The zero-order valence-corrected chi connectivity index (χ0v) is 39.6. The Morgan fingerprint density at radius 2 is 1.10 bits per heavy atom. The molecule has 0 N–H and O–H groups in total. The second-order valence-corrected chi connectivity index (χ2v) is 22.5. The third kappa shape index (κ3) is 6.22. The molecule has 7 aromatic rings. The van der Waals surface area contributed by atoms with Gasteiger partial charge in [0, 0.05) is 33.7 Å². The molecule has 0 fully saturated rings. The molecule has 3 nitrogen and oxygen atoms in total. The van der Waals surface area contributed by atoms with Gasteiger partial charge in [-0.2, -0.15) is 0 Å². The summed E-state index contributed by atoms with van der Waals surface area (Å²) in [6.45, 7) is 32.5. The number of fused-ring (bicyclic) bond motifs is 7. The van der Waals surface area contributed by atoms with Gasteiger partial charge in [-0.05, 0) is 166 Å². The molecule has 0 saturated carbocycles. The van der Waals surface area contributed by atoms with E-state index < -0.39 is 0 Å². The Labute approximate surface area is 371 Å². The smallest absolute Gasteiger partial charge is 0.297 e. The summed E-state index contributed by atoms with van der Waals surface area (Å²) in [5.74, 6) is 0. The maximum atomic E-state index is 7.38. The molecular formula is C58H63BN2O. The highest BCUT2D eigenvalue weighted by Crippen LogP contribution is 2.53. The molecule has 62 heavy (non-hydrogen) atoms. The van der Waals surface area contributed by atoms with E-state index in [0.29, 0.717) is 0 Å². The molecule has 0 radical (unpaired) electrons. The lowest BCUT2D eigenvalue weighted by Gasteiger charge is -2.47. The van der Waals surface area contributed by atoms with Gasteiger partial charge in [-0.15, -0.1) is 0 Å². The predicted molar refractivity (Wildman–Crippen MR) is 267 cm³/mol. The summed E-state index contributed by atoms with van der Waals surface area (Å²) in [6, 6.07) is 40.3. The number of hydrogen-bond acceptors (Lipinski definition) is 3. The lowest BCUT2D eigenvalue weighted by atomic mass is 9.35. The highest BCUT2D eigenvalue weighted by atomic mass is 16.3. The lowest BCUT2D eigenvalue weighted by molar-refractivity contribution is 0.332. The first-order valence-corrected chi connectivity index (χ1v) is 22.9. The van der Waals surface area contributed by atoms with Crippen molar-refractivity contribution in [1.29, 1.82) is 0 Å². The highest BCUT2D eigenvalue weighted by Gasteiger charge is 2.49. The third-order valence-corrected chi connectivity index (χ3v) is 14.7. The van der Waals surface area contributed by atoms with Crippen LogP contribution in [0.15, 0.2) is 108 Å². The fourth-order valence-electron chi connectivity index (χ4n) is 11.0. The minimum Gasteiger partial charge on any atom is -0.468 e. The summed E-state index contributed by atoms with van der Waals surface area (Å²) in [6.07, 6.45) is 2.31. The second-order valence-electron chi connectivity index (χ2n) is 22.5. The standard InChI is InChI=1S/C58H63BN2O/c1-34-15-22-41(37(4)27-34)42-23-16-35(2)28-47(42)61-48-33-45-44(57(11,12)25-26-58(45,13)14)32-46(48)59-52-49(29-36(3)30-50(52)61)60(40-20-17-38(18-21-40)55(5,6)7)53-43-31-39(56(8,9)10)19-24-51(43)62-54(53)59/h15-24,27-33H,25-26H2,1-14H3. The van der Waals surface area contributed by atoms with Crippen molar-refractivity contribution >= 4 is 68.4 Å². The fourth-order valence-corrected chi connectivity index (χ4v) is 11.0. The minimum atomic E-state index is -0.113. The van der Waals surface area contributed by atoms with Gasteiger partial charge >= 0.3 is 0 Å². The van der Waals surface area contributed by atoms with Gasteiger partial charge < -0.3 is 14.2 Å². The molecule has 4 heteroatoms. The number of furan rings is 1. The molecular weight excluding hydrogens is 751 g/mol. The maximum absolute atomic E-state index is 7.38. The maximum Gasteiger partial charge on any atom is 0.297 e. The van der Waals surface area contributed by atoms with E-state index in [1.807, 2.05) is 0 Å². The number of aryl methyl sites for hydroxylation is 4. The molecule has 2 aliphatic heterocycles. The second kappa shape index (κ2) is 13.5. The van der Waals surface area contributed by atoms with Crippen LogP contribution in [0.25, 0.3) is 22.1 Å². The van der Waals surface area contributed by atoms with Gasteiger partial charge in [-0.1, -0.05) is 129 Å². The lowest BCUT2D eigenvalue weighted by Crippen LogP contribution is -2.61. The molecule has 3 heterocycles. The number of rotatable bonds is 3. The monoisotopic (exact) mass is 815 g/mol. The van der Waals surface area contributed by atoms with E-state index in [0.717, 1.165) is 35.5 Å². The SMILES string of the molecule is Cc1ccc(-c2ccc(C)cc2N2c3cc4c(cc3B3c5oc6ccc(C(C)(C)C)cc6c5N(c5ccc(C(C)(C)C)cc5)c5cc(C)cc2c53)C(C)(C)CCC4(C)C)c(C)c1. The van der Waals surface area contributed by atoms with Crippen molar-refractivity contribution in [2.24, 2.45) is 0 Å². The van der Waals surface area contributed by atoms with Gasteiger partial charge in [0.15, 0.2) is 0 Å². The van der Waals surface area contributed by atoms with E-state index in [-0.39, 0.29) is 28.4 Å². The number of nitrogens with zero attached hydrogens (tertiary/aromatic N) is 2. The van der Waals surface area contributed by atoms with Crippen molar-refractivity contribution in [3.8, 4) is 11.1 Å². The predicted octanol–water partition coefficient (Wildman–Crippen LogP) is 14.4. The molecule has 10 rings (SSSR count). The van der Waals surface area contributed by atoms with Crippen molar-refractivity contribution in [3.63, 3.8) is 0 Å². The summed E-state index contributed by atoms with van der Waals surface area (Å²) in [7, 11) is 0. The first-order chi connectivity index (χ1) is 29.1. The summed E-state index contributed by atoms with van der Waals surface area (Å²) in [5.41, 5.74) is 25.0. The Kier molecular flexibility index (Phi) is 8.85. The average Bonchev–Trinajstić information content (AvgIpc) is 3.57. The van der Waals surface area contributed by atoms with Crippen LogP contribution in [-0.4, -0.2) is 6.71 Å². The van der Waals surface area contributed by atoms with Crippen LogP contribution in [0.3, 0.4) is 0 Å². The van der Waals surface area contributed by atoms with Crippen molar-refractivity contribution in [2.75, 3.05) is 9.80 Å². The Morgan fingerprint density at radius 1 is 0.532 bits per heavy atom. The molecule has 1 aliphatic carbocycles. The van der Waals surface area contributed by atoms with Crippen LogP contribution in [0.2, 0.25) is 0 Å². The normalized spacial score (nSPS) is 16.3. The molecule has 3 aliphatic rings. The Hall–Kier alpha value is -5.48. The van der Waals surface area contributed by atoms with Crippen LogP contribution in [-0.2, 0) is 21.7 Å². The first-order valence-electron chi connectivity index (χ1n) is 22.9. The fraction of sp³-hybridized carbons (Fsp3) is 0.345. The van der Waals surface area contributed by atoms with E-state index in [4.69, 9.17) is 4.42 Å². The molecule has 1 aromatic heterocycles. The van der Waals surface area contributed by atoms with Gasteiger partial charge in [0.1, 0.15) is 5.58 Å². The van der Waals surface area contributed by atoms with Gasteiger partial charge in [0.2, 0.25) is 0 Å². The van der Waals surface area contributed by atoms with Crippen molar-refractivity contribution < 1.29 is 4.42 Å². The van der Waals surface area contributed by atoms with E-state index in [9.17, 15) is 0 Å². The van der Waals surface area contributed by atoms with Crippen molar-refractivity contribution in [1.82, 2.24) is 0 Å². The van der Waals surface area contributed by atoms with Crippen LogP contribution in [0, 0.1) is 27.7 Å². The largest absolute Gasteiger partial charge is 0.468 e. The molecule has 0 saturated heterocycles. The zero-order chi connectivity index (χ0) is 44.0. The summed E-state index contributed by atoms with van der Waals surface area (Å²) >= 11 is 0. The summed E-state index contributed by atoms with van der Waals surface area (Å²) in [5, 5.41) is 1.17. The molecule has 0 unspecified atom stereocenters. The first kappa shape index (κ1) is 40.6.